The molecule has 1 aromatic rings. The Kier molecular flexibility index (Phi) is 5.20. The van der Waals surface area contributed by atoms with Crippen LogP contribution in [-0.2, 0) is 0 Å². The van der Waals surface area contributed by atoms with Crippen LogP contribution in [0, 0.1) is 5.92 Å². The van der Waals surface area contributed by atoms with Crippen molar-refractivity contribution in [3.8, 4) is 5.75 Å². The van der Waals surface area contributed by atoms with Crippen LogP contribution < -0.4 is 4.74 Å². The lowest BCUT2D eigenvalue weighted by atomic mass is 10.2. The zero-order chi connectivity index (χ0) is 14.5. The fraction of sp³-hybridized carbons (Fsp3) is 0.462. The zero-order valence-electron chi connectivity index (χ0n) is 10.8. The van der Waals surface area contributed by atoms with Crippen molar-refractivity contribution in [2.45, 2.75) is 20.0 Å². The first-order valence-electron chi connectivity index (χ1n) is 5.86. The van der Waals surface area contributed by atoms with E-state index in [-0.39, 0.29) is 18.2 Å². The molecular weight excluding hydrogens is 259 g/mol. The van der Waals surface area contributed by atoms with Gasteiger partial charge in [0.15, 0.2) is 0 Å². The molecule has 0 atom stereocenters. The van der Waals surface area contributed by atoms with Crippen molar-refractivity contribution in [2.75, 3.05) is 13.1 Å². The van der Waals surface area contributed by atoms with Crippen molar-refractivity contribution in [2.24, 2.45) is 5.92 Å². The third kappa shape index (κ3) is 6.13. The molecule has 0 N–H and O–H groups in total. The summed E-state index contributed by atoms with van der Waals surface area (Å²) in [5.74, 6) is 0.147. The molecule has 0 aromatic heterocycles. The van der Waals surface area contributed by atoms with E-state index in [2.05, 4.69) is 0 Å². The van der Waals surface area contributed by atoms with Gasteiger partial charge in [0.1, 0.15) is 12.3 Å². The summed E-state index contributed by atoms with van der Waals surface area (Å²) in [5.41, 5.74) is 0. The van der Waals surface area contributed by atoms with Gasteiger partial charge in [-0.05, 0) is 18.1 Å². The maximum absolute atomic E-state index is 12.4. The van der Waals surface area contributed by atoms with Crippen molar-refractivity contribution in [1.29, 1.82) is 0 Å². The molecule has 19 heavy (non-hydrogen) atoms. The number of nitrogens with zero attached hydrogens (tertiary/aromatic N) is 1. The molecule has 0 aliphatic rings. The molecule has 0 unspecified atom stereocenters. The minimum absolute atomic E-state index is 0.00875. The van der Waals surface area contributed by atoms with Crippen LogP contribution in [0.2, 0.25) is 0 Å². The smallest absolute Gasteiger partial charge is 0.410 e. The third-order valence-corrected chi connectivity index (χ3v) is 2.16. The lowest BCUT2D eigenvalue weighted by molar-refractivity contribution is -0.142. The Morgan fingerprint density at radius 2 is 1.84 bits per heavy atom. The van der Waals surface area contributed by atoms with Crippen LogP contribution >= 0.6 is 0 Å². The number of rotatable bonds is 4. The Bertz CT molecular complexity index is 404. The van der Waals surface area contributed by atoms with E-state index in [4.69, 9.17) is 4.74 Å². The molecule has 0 saturated heterocycles. The Labute approximate surface area is 110 Å². The first-order chi connectivity index (χ1) is 8.78. The van der Waals surface area contributed by atoms with E-state index in [9.17, 15) is 18.0 Å². The van der Waals surface area contributed by atoms with Crippen LogP contribution in [0.5, 0.6) is 5.75 Å². The second-order valence-electron chi connectivity index (χ2n) is 4.57. The molecule has 1 aromatic carbocycles. The Balaban J connectivity index is 2.71. The SMILES string of the molecule is CC(C)CN(CC(F)(F)F)C(=O)Oc1ccccc1. The summed E-state index contributed by atoms with van der Waals surface area (Å²) in [5, 5.41) is 0. The quantitative estimate of drug-likeness (QED) is 0.838. The molecule has 1 rings (SSSR count). The van der Waals surface area contributed by atoms with Gasteiger partial charge in [0.25, 0.3) is 0 Å². The maximum atomic E-state index is 12.4. The summed E-state index contributed by atoms with van der Waals surface area (Å²) >= 11 is 0. The normalized spacial score (nSPS) is 11.5. The predicted octanol–water partition coefficient (Wildman–Crippen LogP) is 3.71. The lowest BCUT2D eigenvalue weighted by Gasteiger charge is -2.24. The lowest BCUT2D eigenvalue weighted by Crippen LogP contribution is -2.42. The van der Waals surface area contributed by atoms with Crippen LogP contribution in [-0.4, -0.2) is 30.3 Å². The van der Waals surface area contributed by atoms with Crippen molar-refractivity contribution in [3.63, 3.8) is 0 Å². The average molecular weight is 275 g/mol. The summed E-state index contributed by atoms with van der Waals surface area (Å²) in [6, 6.07) is 8.02. The fourth-order valence-corrected chi connectivity index (χ4v) is 1.51. The predicted molar refractivity (Wildman–Crippen MR) is 64.9 cm³/mol. The van der Waals surface area contributed by atoms with Gasteiger partial charge in [0.2, 0.25) is 0 Å². The highest BCUT2D eigenvalue weighted by atomic mass is 19.4. The molecule has 106 valence electrons. The van der Waals surface area contributed by atoms with Crippen LogP contribution in [0.25, 0.3) is 0 Å². The van der Waals surface area contributed by atoms with E-state index in [1.165, 1.54) is 12.1 Å². The van der Waals surface area contributed by atoms with Gasteiger partial charge in [-0.15, -0.1) is 0 Å². The van der Waals surface area contributed by atoms with Gasteiger partial charge in [-0.25, -0.2) is 4.79 Å². The Morgan fingerprint density at radius 3 is 2.32 bits per heavy atom. The number of carbonyl (C=O) groups is 1. The fourth-order valence-electron chi connectivity index (χ4n) is 1.51. The molecule has 1 amide bonds. The minimum Gasteiger partial charge on any atom is -0.410 e. The van der Waals surface area contributed by atoms with Crippen LogP contribution in [0.4, 0.5) is 18.0 Å². The molecule has 0 saturated carbocycles. The van der Waals surface area contributed by atoms with Crippen molar-refractivity contribution >= 4 is 6.09 Å². The molecule has 0 bridgehead atoms. The van der Waals surface area contributed by atoms with Crippen LogP contribution in [0.15, 0.2) is 30.3 Å². The monoisotopic (exact) mass is 275 g/mol. The molecule has 6 heteroatoms. The van der Waals surface area contributed by atoms with Gasteiger partial charge in [-0.2, -0.15) is 13.2 Å². The molecule has 0 spiro atoms. The van der Waals surface area contributed by atoms with Crippen LogP contribution in [0.1, 0.15) is 13.8 Å². The number of amides is 1. The van der Waals surface area contributed by atoms with E-state index >= 15 is 0 Å². The summed E-state index contributed by atoms with van der Waals surface area (Å²) in [4.78, 5) is 12.4. The van der Waals surface area contributed by atoms with Gasteiger partial charge in [0.05, 0.1) is 0 Å². The largest absolute Gasteiger partial charge is 0.415 e. The number of halogens is 3. The Morgan fingerprint density at radius 1 is 1.26 bits per heavy atom. The molecule has 0 heterocycles. The highest BCUT2D eigenvalue weighted by Crippen LogP contribution is 2.19. The number of carbonyl (C=O) groups excluding carboxylic acids is 1. The van der Waals surface area contributed by atoms with Crippen molar-refractivity contribution in [1.82, 2.24) is 4.90 Å². The first kappa shape index (κ1) is 15.3. The first-order valence-corrected chi connectivity index (χ1v) is 5.86. The topological polar surface area (TPSA) is 29.5 Å². The highest BCUT2D eigenvalue weighted by molar-refractivity contribution is 5.70. The molecule has 3 nitrogen and oxygen atoms in total. The van der Waals surface area contributed by atoms with E-state index < -0.39 is 18.8 Å². The molecule has 0 fully saturated rings. The minimum atomic E-state index is -4.44. The van der Waals surface area contributed by atoms with Crippen LogP contribution in [0.3, 0.4) is 0 Å². The van der Waals surface area contributed by atoms with Gasteiger partial charge in [-0.1, -0.05) is 32.0 Å². The zero-order valence-corrected chi connectivity index (χ0v) is 10.8. The summed E-state index contributed by atoms with van der Waals surface area (Å²) in [6.45, 7) is 2.15. The van der Waals surface area contributed by atoms with E-state index in [0.717, 1.165) is 0 Å². The van der Waals surface area contributed by atoms with Crippen molar-refractivity contribution in [3.05, 3.63) is 30.3 Å². The summed E-state index contributed by atoms with van der Waals surface area (Å²) in [6.07, 6.45) is -5.43. The Hall–Kier alpha value is -1.72. The average Bonchev–Trinajstić information content (AvgIpc) is 2.27. The molecular formula is C13H16F3NO2. The number of alkyl halides is 3. The number of benzene rings is 1. The second kappa shape index (κ2) is 6.45. The van der Waals surface area contributed by atoms with E-state index in [1.807, 2.05) is 0 Å². The van der Waals surface area contributed by atoms with Gasteiger partial charge >= 0.3 is 12.3 Å². The number of para-hydroxylation sites is 1. The van der Waals surface area contributed by atoms with Crippen molar-refractivity contribution < 1.29 is 22.7 Å². The third-order valence-electron chi connectivity index (χ3n) is 2.16. The van der Waals surface area contributed by atoms with E-state index in [0.29, 0.717) is 4.90 Å². The van der Waals surface area contributed by atoms with Gasteiger partial charge < -0.3 is 4.74 Å². The molecule has 0 aliphatic carbocycles. The molecule has 0 aliphatic heterocycles. The van der Waals surface area contributed by atoms with E-state index in [1.54, 1.807) is 32.0 Å². The molecule has 0 radical (unpaired) electrons. The standard InChI is InChI=1S/C13H16F3NO2/c1-10(2)8-17(9-13(14,15)16)12(18)19-11-6-4-3-5-7-11/h3-7,10H,8-9H2,1-2H3. The van der Waals surface area contributed by atoms with Gasteiger partial charge in [-0.3, -0.25) is 4.90 Å². The number of hydrogen-bond donors (Lipinski definition) is 0. The maximum Gasteiger partial charge on any atom is 0.415 e. The number of hydrogen-bond acceptors (Lipinski definition) is 2. The second-order valence-corrected chi connectivity index (χ2v) is 4.57. The number of ether oxygens (including phenoxy) is 1. The highest BCUT2D eigenvalue weighted by Gasteiger charge is 2.34. The summed E-state index contributed by atoms with van der Waals surface area (Å²) < 4.78 is 42.1. The summed E-state index contributed by atoms with van der Waals surface area (Å²) in [7, 11) is 0. The van der Waals surface area contributed by atoms with Gasteiger partial charge in [0, 0.05) is 6.54 Å².